The first-order valence-corrected chi connectivity index (χ1v) is 14.6. The summed E-state index contributed by atoms with van der Waals surface area (Å²) >= 11 is 0. The van der Waals surface area contributed by atoms with Gasteiger partial charge in [0.2, 0.25) is 5.91 Å². The van der Waals surface area contributed by atoms with Crippen LogP contribution in [0, 0.1) is 0 Å². The van der Waals surface area contributed by atoms with Crippen molar-refractivity contribution in [2.24, 2.45) is 0 Å². The molecule has 250 valence electrons. The molecule has 0 spiro atoms. The molecule has 0 heterocycles. The maximum Gasteiger partial charge on any atom is 0.243 e. The van der Waals surface area contributed by atoms with E-state index in [4.69, 9.17) is 56.8 Å². The molecule has 0 aromatic carbocycles. The predicted octanol–water partition coefficient (Wildman–Crippen LogP) is 0.118. The van der Waals surface area contributed by atoms with Gasteiger partial charge in [-0.2, -0.15) is 0 Å². The molecule has 0 aliphatic rings. The van der Waals surface area contributed by atoms with E-state index in [-0.39, 0.29) is 5.91 Å². The molecular formula is C28H55NO13. The van der Waals surface area contributed by atoms with Gasteiger partial charge in [-0.05, 0) is 6.08 Å². The van der Waals surface area contributed by atoms with Crippen molar-refractivity contribution < 1.29 is 61.6 Å². The summed E-state index contributed by atoms with van der Waals surface area (Å²) in [6, 6.07) is 0. The monoisotopic (exact) mass is 613 g/mol. The molecule has 0 saturated carbocycles. The Morgan fingerprint density at radius 3 is 0.857 bits per heavy atom. The molecule has 0 saturated heterocycles. The molecular weight excluding hydrogens is 558 g/mol. The fourth-order valence-corrected chi connectivity index (χ4v) is 2.76. The summed E-state index contributed by atoms with van der Waals surface area (Å²) < 4.78 is 64.4. The van der Waals surface area contributed by atoms with Gasteiger partial charge in [-0.1, -0.05) is 6.58 Å². The second-order valence-corrected chi connectivity index (χ2v) is 8.22. The largest absolute Gasteiger partial charge is 0.382 e. The van der Waals surface area contributed by atoms with Crippen molar-refractivity contribution in [3.8, 4) is 0 Å². The Kier molecular flexibility index (Phi) is 36.6. The molecule has 1 amide bonds. The van der Waals surface area contributed by atoms with Crippen LogP contribution < -0.4 is 5.32 Å². The Hall–Kier alpha value is -1.27. The van der Waals surface area contributed by atoms with Crippen molar-refractivity contribution in [3.63, 3.8) is 0 Å². The standard InChI is InChI=1S/C28H55NO13/c1-3-28(30)29-4-5-32-8-9-34-12-13-36-16-17-38-20-21-40-24-25-42-27-26-41-23-22-39-19-18-37-15-14-35-11-10-33-7-6-31-2/h3H,1,4-27H2,2H3,(H,29,30). The van der Waals surface area contributed by atoms with Gasteiger partial charge in [0.1, 0.15) is 0 Å². The van der Waals surface area contributed by atoms with E-state index in [2.05, 4.69) is 11.9 Å². The summed E-state index contributed by atoms with van der Waals surface area (Å²) in [6.45, 7) is 15.5. The highest BCUT2D eigenvalue weighted by Crippen LogP contribution is 1.87. The molecule has 0 aromatic heterocycles. The summed E-state index contributed by atoms with van der Waals surface area (Å²) in [6.07, 6.45) is 1.22. The molecule has 0 aromatic rings. The normalized spacial score (nSPS) is 11.3. The zero-order valence-corrected chi connectivity index (χ0v) is 25.6. The third-order valence-electron chi connectivity index (χ3n) is 4.88. The van der Waals surface area contributed by atoms with E-state index in [0.717, 1.165) is 0 Å². The predicted molar refractivity (Wildman–Crippen MR) is 154 cm³/mol. The van der Waals surface area contributed by atoms with Gasteiger partial charge < -0.3 is 62.2 Å². The first-order chi connectivity index (χ1) is 20.8. The van der Waals surface area contributed by atoms with Crippen LogP contribution in [0.15, 0.2) is 12.7 Å². The van der Waals surface area contributed by atoms with E-state index in [0.29, 0.717) is 159 Å². The topological polar surface area (TPSA) is 140 Å². The average molecular weight is 614 g/mol. The summed E-state index contributed by atoms with van der Waals surface area (Å²) in [7, 11) is 1.64. The number of methoxy groups -OCH3 is 1. The number of carbonyl (C=O) groups is 1. The maximum absolute atomic E-state index is 10.9. The summed E-state index contributed by atoms with van der Waals surface area (Å²) in [5.41, 5.74) is 0. The number of rotatable bonds is 37. The third kappa shape index (κ3) is 36.8. The van der Waals surface area contributed by atoms with Crippen molar-refractivity contribution in [2.75, 3.05) is 166 Å². The van der Waals surface area contributed by atoms with Crippen LogP contribution in [0.2, 0.25) is 0 Å². The van der Waals surface area contributed by atoms with E-state index < -0.39 is 0 Å². The van der Waals surface area contributed by atoms with Crippen molar-refractivity contribution in [3.05, 3.63) is 12.7 Å². The second kappa shape index (κ2) is 37.8. The van der Waals surface area contributed by atoms with E-state index in [1.54, 1.807) is 7.11 Å². The highest BCUT2D eigenvalue weighted by molar-refractivity contribution is 5.86. The fourth-order valence-electron chi connectivity index (χ4n) is 2.76. The van der Waals surface area contributed by atoms with E-state index >= 15 is 0 Å². The lowest BCUT2D eigenvalue weighted by atomic mass is 10.5. The maximum atomic E-state index is 10.9. The number of hydrogen-bond acceptors (Lipinski definition) is 13. The second-order valence-electron chi connectivity index (χ2n) is 8.22. The van der Waals surface area contributed by atoms with Gasteiger partial charge in [0.05, 0.1) is 152 Å². The lowest BCUT2D eigenvalue weighted by Crippen LogP contribution is -2.25. The molecule has 0 rings (SSSR count). The minimum Gasteiger partial charge on any atom is -0.382 e. The molecule has 42 heavy (non-hydrogen) atoms. The molecule has 0 radical (unpaired) electrons. The van der Waals surface area contributed by atoms with Gasteiger partial charge in [0.15, 0.2) is 0 Å². The Morgan fingerprint density at radius 2 is 0.643 bits per heavy atom. The molecule has 0 atom stereocenters. The Morgan fingerprint density at radius 1 is 0.429 bits per heavy atom. The molecule has 0 bridgehead atoms. The van der Waals surface area contributed by atoms with Gasteiger partial charge in [0, 0.05) is 13.7 Å². The number of carbonyl (C=O) groups excluding carboxylic acids is 1. The SMILES string of the molecule is C=CC(=O)NCCOCCOCCOCCOCCOCCOCCOCCOCCOCCOCCOCCOC. The van der Waals surface area contributed by atoms with Crippen LogP contribution >= 0.6 is 0 Å². The molecule has 14 heteroatoms. The third-order valence-corrected chi connectivity index (χ3v) is 4.88. The average Bonchev–Trinajstić information content (AvgIpc) is 3.00. The zero-order chi connectivity index (χ0) is 30.4. The van der Waals surface area contributed by atoms with E-state index in [9.17, 15) is 4.79 Å². The van der Waals surface area contributed by atoms with Gasteiger partial charge in [0.25, 0.3) is 0 Å². The zero-order valence-electron chi connectivity index (χ0n) is 25.6. The Bertz CT molecular complexity index is 546. The van der Waals surface area contributed by atoms with Gasteiger partial charge in [-0.3, -0.25) is 4.79 Å². The van der Waals surface area contributed by atoms with E-state index in [1.165, 1.54) is 6.08 Å². The highest BCUT2D eigenvalue weighted by Gasteiger charge is 1.97. The summed E-state index contributed by atoms with van der Waals surface area (Å²) in [5.74, 6) is -0.209. The first-order valence-electron chi connectivity index (χ1n) is 14.6. The van der Waals surface area contributed by atoms with Crippen LogP contribution in [0.3, 0.4) is 0 Å². The Balaban J connectivity index is 3.04. The molecule has 14 nitrogen and oxygen atoms in total. The molecule has 0 aliphatic heterocycles. The van der Waals surface area contributed by atoms with Crippen molar-refractivity contribution in [2.45, 2.75) is 0 Å². The smallest absolute Gasteiger partial charge is 0.243 e. The van der Waals surface area contributed by atoms with Gasteiger partial charge in [-0.25, -0.2) is 0 Å². The quantitative estimate of drug-likeness (QED) is 0.0750. The summed E-state index contributed by atoms with van der Waals surface area (Å²) in [4.78, 5) is 10.9. The minimum absolute atomic E-state index is 0.209. The first kappa shape index (κ1) is 40.7. The molecule has 0 unspecified atom stereocenters. The van der Waals surface area contributed by atoms with Gasteiger partial charge >= 0.3 is 0 Å². The number of nitrogens with one attached hydrogen (secondary N) is 1. The number of ether oxygens (including phenoxy) is 12. The fraction of sp³-hybridized carbons (Fsp3) is 0.893. The van der Waals surface area contributed by atoms with Crippen LogP contribution in [0.5, 0.6) is 0 Å². The van der Waals surface area contributed by atoms with E-state index in [1.807, 2.05) is 0 Å². The van der Waals surface area contributed by atoms with Crippen LogP contribution in [0.25, 0.3) is 0 Å². The van der Waals surface area contributed by atoms with Crippen LogP contribution in [0.4, 0.5) is 0 Å². The molecule has 0 aliphatic carbocycles. The van der Waals surface area contributed by atoms with Crippen molar-refractivity contribution in [1.29, 1.82) is 0 Å². The highest BCUT2D eigenvalue weighted by atomic mass is 16.6. The number of hydrogen-bond donors (Lipinski definition) is 1. The molecule has 1 N–H and O–H groups in total. The summed E-state index contributed by atoms with van der Waals surface area (Å²) in [5, 5.41) is 2.63. The van der Waals surface area contributed by atoms with Crippen molar-refractivity contribution >= 4 is 5.91 Å². The van der Waals surface area contributed by atoms with Crippen LogP contribution in [0.1, 0.15) is 0 Å². The number of amides is 1. The van der Waals surface area contributed by atoms with Crippen LogP contribution in [-0.2, 0) is 61.6 Å². The molecule has 0 fully saturated rings. The Labute approximate surface area is 251 Å². The van der Waals surface area contributed by atoms with Gasteiger partial charge in [-0.15, -0.1) is 0 Å². The lowest BCUT2D eigenvalue weighted by molar-refractivity contribution is -0.116. The van der Waals surface area contributed by atoms with Crippen molar-refractivity contribution in [1.82, 2.24) is 5.32 Å². The van der Waals surface area contributed by atoms with Crippen LogP contribution in [-0.4, -0.2) is 172 Å². The minimum atomic E-state index is -0.209. The lowest BCUT2D eigenvalue weighted by Gasteiger charge is -2.09.